The molecule has 186 valence electrons. The van der Waals surface area contributed by atoms with Crippen LogP contribution < -0.4 is 0 Å². The van der Waals surface area contributed by atoms with Gasteiger partial charge in [0.05, 0.1) is 11.0 Å². The molecule has 4 nitrogen and oxygen atoms in total. The molecule has 5 heteroatoms. The van der Waals surface area contributed by atoms with E-state index in [1.54, 1.807) is 0 Å². The Morgan fingerprint density at radius 2 is 1.46 bits per heavy atom. The van der Waals surface area contributed by atoms with Gasteiger partial charge < -0.3 is 0 Å². The average molecular weight is 521 g/mol. The summed E-state index contributed by atoms with van der Waals surface area (Å²) in [4.78, 5) is 15.2. The van der Waals surface area contributed by atoms with E-state index >= 15 is 0 Å². The number of aromatic nitrogens is 4. The summed E-state index contributed by atoms with van der Waals surface area (Å²) < 4.78 is 4.78. The van der Waals surface area contributed by atoms with Crippen LogP contribution in [-0.2, 0) is 0 Å². The van der Waals surface area contributed by atoms with E-state index in [1.165, 1.54) is 30.9 Å². The third kappa shape index (κ3) is 3.62. The molecule has 0 saturated heterocycles. The van der Waals surface area contributed by atoms with Crippen molar-refractivity contribution >= 4 is 58.9 Å². The van der Waals surface area contributed by atoms with E-state index in [-0.39, 0.29) is 0 Å². The zero-order valence-electron chi connectivity index (χ0n) is 21.4. The molecule has 8 rings (SSSR count). The number of fused-ring (bicyclic) bond motifs is 6. The van der Waals surface area contributed by atoms with Gasteiger partial charge in [0.25, 0.3) is 0 Å². The molecule has 39 heavy (non-hydrogen) atoms. The van der Waals surface area contributed by atoms with E-state index in [0.29, 0.717) is 17.7 Å². The number of benzene rings is 4. The van der Waals surface area contributed by atoms with Gasteiger partial charge in [-0.1, -0.05) is 91.9 Å². The van der Waals surface area contributed by atoms with Crippen molar-refractivity contribution in [3.05, 3.63) is 115 Å². The molecule has 0 saturated carbocycles. The van der Waals surface area contributed by atoms with Crippen LogP contribution in [0, 0.1) is 5.92 Å². The lowest BCUT2D eigenvalue weighted by molar-refractivity contribution is 0.741. The van der Waals surface area contributed by atoms with Gasteiger partial charge in [-0.2, -0.15) is 9.97 Å². The summed E-state index contributed by atoms with van der Waals surface area (Å²) >= 11 is 1.83. The SMILES string of the molecule is CC1C=CC=C(c2nc(-c3ccccc3)nc(-n3c4ccccc4c4cc5c(cc43)sc3ccccc35)n2)C1. The van der Waals surface area contributed by atoms with Crippen LogP contribution in [0.1, 0.15) is 19.2 Å². The predicted octanol–water partition coefficient (Wildman–Crippen LogP) is 8.98. The van der Waals surface area contributed by atoms with Gasteiger partial charge in [0, 0.05) is 36.5 Å². The summed E-state index contributed by atoms with van der Waals surface area (Å²) in [6, 6.07) is 32.1. The van der Waals surface area contributed by atoms with Gasteiger partial charge in [-0.05, 0) is 42.2 Å². The smallest absolute Gasteiger partial charge is 0.238 e. The minimum absolute atomic E-state index is 0.444. The molecular weight excluding hydrogens is 496 g/mol. The van der Waals surface area contributed by atoms with Crippen molar-refractivity contribution in [1.82, 2.24) is 19.5 Å². The maximum Gasteiger partial charge on any atom is 0.238 e. The number of para-hydroxylation sites is 1. The maximum atomic E-state index is 5.12. The van der Waals surface area contributed by atoms with Crippen molar-refractivity contribution in [3.8, 4) is 17.3 Å². The molecule has 0 spiro atoms. The van der Waals surface area contributed by atoms with Gasteiger partial charge in [-0.15, -0.1) is 11.3 Å². The van der Waals surface area contributed by atoms with Crippen LogP contribution in [0.5, 0.6) is 0 Å². The number of allylic oxidation sites excluding steroid dienone is 4. The molecule has 0 bridgehead atoms. The van der Waals surface area contributed by atoms with Crippen molar-refractivity contribution < 1.29 is 0 Å². The highest BCUT2D eigenvalue weighted by atomic mass is 32.1. The minimum Gasteiger partial charge on any atom is -0.278 e. The fourth-order valence-electron chi connectivity index (χ4n) is 5.74. The molecule has 0 fully saturated rings. The molecule has 1 atom stereocenters. The van der Waals surface area contributed by atoms with E-state index in [4.69, 9.17) is 15.0 Å². The molecular formula is C34H24N4S. The third-order valence-electron chi connectivity index (χ3n) is 7.59. The van der Waals surface area contributed by atoms with Gasteiger partial charge in [0.15, 0.2) is 11.6 Å². The summed E-state index contributed by atoms with van der Waals surface area (Å²) in [5.74, 6) is 2.52. The lowest BCUT2D eigenvalue weighted by atomic mass is 9.95. The third-order valence-corrected chi connectivity index (χ3v) is 8.73. The molecule has 1 aliphatic rings. The molecule has 1 aliphatic carbocycles. The Balaban J connectivity index is 1.45. The van der Waals surface area contributed by atoms with E-state index in [0.717, 1.165) is 34.4 Å². The number of nitrogens with zero attached hydrogens (tertiary/aromatic N) is 4. The molecule has 7 aromatic rings. The number of hydrogen-bond donors (Lipinski definition) is 0. The van der Waals surface area contributed by atoms with E-state index in [2.05, 4.69) is 103 Å². The lowest BCUT2D eigenvalue weighted by Gasteiger charge is -2.15. The van der Waals surface area contributed by atoms with Crippen LogP contribution in [0.2, 0.25) is 0 Å². The van der Waals surface area contributed by atoms with Crippen molar-refractivity contribution in [2.24, 2.45) is 5.92 Å². The van der Waals surface area contributed by atoms with E-state index in [9.17, 15) is 0 Å². The Hall–Kier alpha value is -4.61. The largest absolute Gasteiger partial charge is 0.278 e. The molecule has 0 N–H and O–H groups in total. The minimum atomic E-state index is 0.444. The van der Waals surface area contributed by atoms with Crippen molar-refractivity contribution in [3.63, 3.8) is 0 Å². The quantitative estimate of drug-likeness (QED) is 0.233. The topological polar surface area (TPSA) is 43.6 Å². The van der Waals surface area contributed by atoms with Gasteiger partial charge >= 0.3 is 0 Å². The standard InChI is InChI=1S/C34H24N4S/c1-21-10-9-13-23(18-21)33-35-32(22-11-3-2-4-12-22)36-34(37-33)38-28-16-7-5-14-24(28)26-19-27-25-15-6-8-17-30(25)39-31(27)20-29(26)38/h2-17,19-21H,18H2,1H3. The van der Waals surface area contributed by atoms with Crippen molar-refractivity contribution in [2.75, 3.05) is 0 Å². The van der Waals surface area contributed by atoms with Crippen LogP contribution in [0.3, 0.4) is 0 Å². The molecule has 3 aromatic heterocycles. The second-order valence-electron chi connectivity index (χ2n) is 10.2. The second-order valence-corrected chi connectivity index (χ2v) is 11.3. The summed E-state index contributed by atoms with van der Waals surface area (Å²) in [6.45, 7) is 2.23. The second kappa shape index (κ2) is 8.72. The van der Waals surface area contributed by atoms with Gasteiger partial charge in [-0.25, -0.2) is 4.98 Å². The van der Waals surface area contributed by atoms with Crippen LogP contribution >= 0.6 is 11.3 Å². The van der Waals surface area contributed by atoms with Crippen LogP contribution in [0.15, 0.2) is 109 Å². The summed E-state index contributed by atoms with van der Waals surface area (Å²) in [5.41, 5.74) is 4.32. The summed E-state index contributed by atoms with van der Waals surface area (Å²) in [5, 5.41) is 5.00. The highest BCUT2D eigenvalue weighted by Crippen LogP contribution is 2.40. The number of thiophene rings is 1. The fourth-order valence-corrected chi connectivity index (χ4v) is 6.86. The van der Waals surface area contributed by atoms with E-state index in [1.807, 2.05) is 29.5 Å². The molecule has 3 heterocycles. The number of rotatable bonds is 3. The molecule has 4 aromatic carbocycles. The van der Waals surface area contributed by atoms with Crippen LogP contribution in [0.4, 0.5) is 0 Å². The zero-order chi connectivity index (χ0) is 25.9. The highest BCUT2D eigenvalue weighted by molar-refractivity contribution is 7.25. The predicted molar refractivity (Wildman–Crippen MR) is 163 cm³/mol. The van der Waals surface area contributed by atoms with Crippen molar-refractivity contribution in [2.45, 2.75) is 13.3 Å². The first kappa shape index (κ1) is 22.4. The van der Waals surface area contributed by atoms with Crippen LogP contribution in [0.25, 0.3) is 64.9 Å². The van der Waals surface area contributed by atoms with Gasteiger partial charge in [0.2, 0.25) is 5.95 Å². The molecule has 1 unspecified atom stereocenters. The van der Waals surface area contributed by atoms with Gasteiger partial charge in [-0.3, -0.25) is 4.57 Å². The Morgan fingerprint density at radius 3 is 2.33 bits per heavy atom. The zero-order valence-corrected chi connectivity index (χ0v) is 22.2. The van der Waals surface area contributed by atoms with Gasteiger partial charge in [0.1, 0.15) is 0 Å². The Kier molecular flexibility index (Phi) is 5.00. The summed E-state index contributed by atoms with van der Waals surface area (Å²) in [7, 11) is 0. The van der Waals surface area contributed by atoms with Crippen LogP contribution in [-0.4, -0.2) is 19.5 Å². The molecule has 0 radical (unpaired) electrons. The Labute approximate surface area is 229 Å². The monoisotopic (exact) mass is 520 g/mol. The number of hydrogen-bond acceptors (Lipinski definition) is 4. The first-order valence-corrected chi connectivity index (χ1v) is 14.1. The first-order valence-electron chi connectivity index (χ1n) is 13.3. The normalized spacial score (nSPS) is 15.5. The summed E-state index contributed by atoms with van der Waals surface area (Å²) in [6.07, 6.45) is 7.39. The fraction of sp³-hybridized carbons (Fsp3) is 0.0882. The average Bonchev–Trinajstić information content (AvgIpc) is 3.51. The Morgan fingerprint density at radius 1 is 0.692 bits per heavy atom. The van der Waals surface area contributed by atoms with Crippen molar-refractivity contribution in [1.29, 1.82) is 0 Å². The highest BCUT2D eigenvalue weighted by Gasteiger charge is 2.20. The lowest BCUT2D eigenvalue weighted by Crippen LogP contribution is -2.09. The molecule has 0 amide bonds. The Bertz CT molecular complexity index is 2110. The van der Waals surface area contributed by atoms with E-state index < -0.39 is 0 Å². The first-order chi connectivity index (χ1) is 19.2. The maximum absolute atomic E-state index is 5.12. The molecule has 0 aliphatic heterocycles.